The van der Waals surface area contributed by atoms with Crippen LogP contribution in [-0.2, 0) is 10.9 Å². The summed E-state index contributed by atoms with van der Waals surface area (Å²) in [6.07, 6.45) is -3.17. The number of thiophene rings is 1. The molecule has 232 valence electrons. The molecule has 0 radical (unpaired) electrons. The van der Waals surface area contributed by atoms with Crippen LogP contribution in [0.15, 0.2) is 18.2 Å². The molecule has 4 aromatic rings. The molecule has 0 spiro atoms. The summed E-state index contributed by atoms with van der Waals surface area (Å²) in [4.78, 5) is 10.6. The van der Waals surface area contributed by atoms with Gasteiger partial charge in [-0.1, -0.05) is 6.07 Å². The summed E-state index contributed by atoms with van der Waals surface area (Å²) in [5.41, 5.74) is 2.08. The van der Waals surface area contributed by atoms with Gasteiger partial charge in [0.25, 0.3) is 0 Å². The van der Waals surface area contributed by atoms with E-state index in [0.29, 0.717) is 24.4 Å². The molecule has 2 aromatic heterocycles. The van der Waals surface area contributed by atoms with Gasteiger partial charge < -0.3 is 25.4 Å². The number of anilines is 2. The van der Waals surface area contributed by atoms with Crippen LogP contribution >= 0.6 is 11.3 Å². The van der Waals surface area contributed by atoms with Crippen LogP contribution in [0.2, 0.25) is 0 Å². The average Bonchev–Trinajstić information content (AvgIpc) is 3.51. The Hall–Kier alpha value is -4.31. The molecule has 2 bridgehead atoms. The number of piperazine rings is 1. The van der Waals surface area contributed by atoms with Crippen molar-refractivity contribution in [2.75, 3.05) is 43.5 Å². The van der Waals surface area contributed by atoms with Gasteiger partial charge in [-0.2, -0.15) is 33.7 Å². The highest BCUT2D eigenvalue weighted by Gasteiger charge is 2.42. The molecule has 5 heterocycles. The van der Waals surface area contributed by atoms with Crippen LogP contribution in [0.1, 0.15) is 30.4 Å². The Morgan fingerprint density at radius 2 is 1.89 bits per heavy atom. The molecule has 2 unspecified atom stereocenters. The standard InChI is InChI=1S/C30H24F5N7O2S/c31-20-4-3-16(21-18(8-37)26(38)45-25(20)21)22-19(30(33,34)35)7-17-24(23(22)32)40-28(44-13-29(5-6-36)11-43-12-29)41-27(17)42-9-14-1-2-15(10-42)39-14/h3-4,7,14-15,39H,1-2,5,9-13,38H2. The summed E-state index contributed by atoms with van der Waals surface area (Å²) in [6.45, 7) is 1.36. The van der Waals surface area contributed by atoms with Crippen LogP contribution < -0.4 is 20.7 Å². The molecule has 3 N–H and O–H groups in total. The van der Waals surface area contributed by atoms with E-state index in [9.17, 15) is 28.1 Å². The van der Waals surface area contributed by atoms with E-state index in [1.165, 1.54) is 0 Å². The van der Waals surface area contributed by atoms with Crippen LogP contribution in [0.4, 0.5) is 32.8 Å². The highest BCUT2D eigenvalue weighted by molar-refractivity contribution is 7.23. The van der Waals surface area contributed by atoms with Crippen molar-refractivity contribution in [1.29, 1.82) is 10.5 Å². The second kappa shape index (κ2) is 10.7. The minimum Gasteiger partial charge on any atom is -0.463 e. The van der Waals surface area contributed by atoms with Crippen LogP contribution in [0.3, 0.4) is 0 Å². The minimum atomic E-state index is -5.05. The Labute approximate surface area is 257 Å². The van der Waals surface area contributed by atoms with Gasteiger partial charge >= 0.3 is 12.2 Å². The third-order valence-electron chi connectivity index (χ3n) is 8.69. The van der Waals surface area contributed by atoms with Gasteiger partial charge in [0.2, 0.25) is 0 Å². The third-order valence-corrected chi connectivity index (χ3v) is 9.72. The third kappa shape index (κ3) is 4.86. The van der Waals surface area contributed by atoms with Gasteiger partial charge in [0.1, 0.15) is 34.8 Å². The number of hydrogen-bond donors (Lipinski definition) is 2. The number of nitrogens with two attached hydrogens (primary N) is 1. The number of nitrogen functional groups attached to an aromatic ring is 1. The van der Waals surface area contributed by atoms with E-state index in [4.69, 9.17) is 15.2 Å². The van der Waals surface area contributed by atoms with Gasteiger partial charge in [-0.15, -0.1) is 11.3 Å². The first-order chi connectivity index (χ1) is 21.5. The lowest BCUT2D eigenvalue weighted by molar-refractivity contribution is -0.137. The van der Waals surface area contributed by atoms with E-state index in [-0.39, 0.29) is 81.8 Å². The SMILES string of the molecule is N#CCC1(COc2nc(N3CC4CCC(C3)N4)c3cc(C(F)(F)F)c(-c4ccc(F)c5sc(N)c(C#N)c45)c(F)c3n2)COC1. The molecular weight excluding hydrogens is 617 g/mol. The number of aromatic nitrogens is 2. The fourth-order valence-electron chi connectivity index (χ4n) is 6.47. The minimum absolute atomic E-state index is 0.0221. The van der Waals surface area contributed by atoms with Gasteiger partial charge in [-0.25, -0.2) is 8.78 Å². The molecule has 3 aliphatic rings. The first-order valence-electron chi connectivity index (χ1n) is 14.1. The smallest absolute Gasteiger partial charge is 0.417 e. The molecule has 9 nitrogen and oxygen atoms in total. The van der Waals surface area contributed by atoms with Gasteiger partial charge in [0, 0.05) is 47.9 Å². The maximum atomic E-state index is 16.8. The quantitative estimate of drug-likeness (QED) is 0.262. The van der Waals surface area contributed by atoms with E-state index in [2.05, 4.69) is 21.4 Å². The number of nitrogens with one attached hydrogen (secondary N) is 1. The van der Waals surface area contributed by atoms with Crippen LogP contribution in [0.25, 0.3) is 32.1 Å². The maximum Gasteiger partial charge on any atom is 0.417 e. The van der Waals surface area contributed by atoms with Crippen LogP contribution in [0, 0.1) is 39.7 Å². The van der Waals surface area contributed by atoms with Crippen molar-refractivity contribution in [3.63, 3.8) is 0 Å². The molecule has 2 atom stereocenters. The Kier molecular flexibility index (Phi) is 6.96. The number of nitrogens with zero attached hydrogens (tertiary/aromatic N) is 5. The first-order valence-corrected chi connectivity index (χ1v) is 14.9. The lowest BCUT2D eigenvalue weighted by atomic mass is 9.84. The zero-order valence-corrected chi connectivity index (χ0v) is 24.3. The predicted molar refractivity (Wildman–Crippen MR) is 156 cm³/mol. The lowest BCUT2D eigenvalue weighted by Gasteiger charge is -2.39. The number of benzene rings is 2. The number of fused-ring (bicyclic) bond motifs is 4. The van der Waals surface area contributed by atoms with Crippen molar-refractivity contribution in [3.8, 4) is 29.3 Å². The van der Waals surface area contributed by atoms with Crippen LogP contribution in [-0.4, -0.2) is 55.0 Å². The lowest BCUT2D eigenvalue weighted by Crippen LogP contribution is -2.51. The molecular formula is C30H24F5N7O2S. The van der Waals surface area contributed by atoms with Gasteiger partial charge in [-0.3, -0.25) is 0 Å². The summed E-state index contributed by atoms with van der Waals surface area (Å²) in [5, 5.41) is 22.0. The second-order valence-electron chi connectivity index (χ2n) is 11.7. The highest BCUT2D eigenvalue weighted by Crippen LogP contribution is 2.48. The zero-order valence-electron chi connectivity index (χ0n) is 23.5. The van der Waals surface area contributed by atoms with Crippen molar-refractivity contribution in [1.82, 2.24) is 15.3 Å². The normalized spacial score (nSPS) is 20.6. The largest absolute Gasteiger partial charge is 0.463 e. The Morgan fingerprint density at radius 3 is 2.51 bits per heavy atom. The zero-order chi connectivity index (χ0) is 31.7. The molecule has 3 fully saturated rings. The highest BCUT2D eigenvalue weighted by atomic mass is 32.1. The number of halogens is 5. The molecule has 2 aromatic carbocycles. The fourth-order valence-corrected chi connectivity index (χ4v) is 7.42. The van der Waals surface area contributed by atoms with Gasteiger partial charge in [0.05, 0.1) is 40.5 Å². The summed E-state index contributed by atoms with van der Waals surface area (Å²) >= 11 is 0.697. The summed E-state index contributed by atoms with van der Waals surface area (Å²) in [5.74, 6) is -2.04. The van der Waals surface area contributed by atoms with Crippen molar-refractivity contribution >= 4 is 43.1 Å². The van der Waals surface area contributed by atoms with E-state index >= 15 is 4.39 Å². The molecule has 3 aliphatic heterocycles. The Bertz CT molecular complexity index is 1930. The van der Waals surface area contributed by atoms with Gasteiger partial charge in [0.15, 0.2) is 5.82 Å². The molecule has 0 aliphatic carbocycles. The van der Waals surface area contributed by atoms with Crippen molar-refractivity contribution < 1.29 is 31.4 Å². The number of nitriles is 2. The maximum absolute atomic E-state index is 16.8. The molecule has 0 amide bonds. The summed E-state index contributed by atoms with van der Waals surface area (Å²) in [6, 6.07) is 6.56. The van der Waals surface area contributed by atoms with E-state index < -0.39 is 39.9 Å². The van der Waals surface area contributed by atoms with Crippen molar-refractivity contribution in [2.45, 2.75) is 37.5 Å². The molecule has 0 saturated carbocycles. The summed E-state index contributed by atoms with van der Waals surface area (Å²) in [7, 11) is 0. The predicted octanol–water partition coefficient (Wildman–Crippen LogP) is 5.51. The first kappa shape index (κ1) is 29.4. The topological polar surface area (TPSA) is 133 Å². The summed E-state index contributed by atoms with van der Waals surface area (Å²) < 4.78 is 87.1. The van der Waals surface area contributed by atoms with E-state index in [0.717, 1.165) is 31.0 Å². The Balaban J connectivity index is 1.48. The molecule has 3 saturated heterocycles. The van der Waals surface area contributed by atoms with Gasteiger partial charge in [-0.05, 0) is 30.5 Å². The number of hydrogen-bond acceptors (Lipinski definition) is 10. The van der Waals surface area contributed by atoms with E-state index in [1.807, 2.05) is 11.0 Å². The monoisotopic (exact) mass is 641 g/mol. The number of rotatable bonds is 6. The second-order valence-corrected chi connectivity index (χ2v) is 12.8. The van der Waals surface area contributed by atoms with Crippen molar-refractivity contribution in [3.05, 3.63) is 41.0 Å². The Morgan fingerprint density at radius 1 is 1.16 bits per heavy atom. The number of alkyl halides is 3. The average molecular weight is 642 g/mol. The van der Waals surface area contributed by atoms with E-state index in [1.54, 1.807) is 0 Å². The van der Waals surface area contributed by atoms with Crippen LogP contribution in [0.5, 0.6) is 6.01 Å². The number of ether oxygens (including phenoxy) is 2. The van der Waals surface area contributed by atoms with Crippen molar-refractivity contribution in [2.24, 2.45) is 5.41 Å². The molecule has 45 heavy (non-hydrogen) atoms. The fraction of sp³-hybridized carbons (Fsp3) is 0.400. The molecule has 7 rings (SSSR count). The molecule has 15 heteroatoms.